The fourth-order valence-corrected chi connectivity index (χ4v) is 4.14. The van der Waals surface area contributed by atoms with E-state index in [0.717, 1.165) is 22.2 Å². The standard InChI is InChI=1S/C16H21N3O5S2/c1-5-24-16(22)17-11(20)8-25-15-18-13-12(9(2)10(3)26-13)14(21)19(15)6-7-23-4/h5-8H2,1-4H3,(H,17,20,22). The molecular formula is C16H21N3O5S2. The molecule has 0 unspecified atom stereocenters. The van der Waals surface area contributed by atoms with Gasteiger partial charge in [-0.2, -0.15) is 0 Å². The van der Waals surface area contributed by atoms with Crippen LogP contribution in [-0.2, 0) is 20.8 Å². The van der Waals surface area contributed by atoms with Gasteiger partial charge in [0, 0.05) is 12.0 Å². The molecule has 2 aromatic rings. The van der Waals surface area contributed by atoms with Gasteiger partial charge in [-0.15, -0.1) is 11.3 Å². The van der Waals surface area contributed by atoms with Gasteiger partial charge in [-0.25, -0.2) is 9.78 Å². The lowest BCUT2D eigenvalue weighted by atomic mass is 10.2. The normalized spacial score (nSPS) is 10.9. The Morgan fingerprint density at radius 1 is 1.35 bits per heavy atom. The van der Waals surface area contributed by atoms with Gasteiger partial charge in [-0.3, -0.25) is 19.5 Å². The number of alkyl carbamates (subject to hydrolysis) is 1. The minimum Gasteiger partial charge on any atom is -0.450 e. The van der Waals surface area contributed by atoms with Crippen LogP contribution in [-0.4, -0.2) is 47.6 Å². The number of amides is 2. The van der Waals surface area contributed by atoms with Crippen molar-refractivity contribution in [3.63, 3.8) is 0 Å². The van der Waals surface area contributed by atoms with Crippen LogP contribution in [0.2, 0.25) is 0 Å². The van der Waals surface area contributed by atoms with Gasteiger partial charge in [0.25, 0.3) is 5.56 Å². The number of thiophene rings is 1. The van der Waals surface area contributed by atoms with Crippen LogP contribution in [0.3, 0.4) is 0 Å². The molecule has 0 aliphatic carbocycles. The first-order chi connectivity index (χ1) is 12.4. The number of imide groups is 1. The first kappa shape index (κ1) is 20.4. The van der Waals surface area contributed by atoms with Crippen LogP contribution in [0.15, 0.2) is 9.95 Å². The highest BCUT2D eigenvalue weighted by Gasteiger charge is 2.18. The Morgan fingerprint density at radius 2 is 2.08 bits per heavy atom. The van der Waals surface area contributed by atoms with Gasteiger partial charge in [-0.1, -0.05) is 11.8 Å². The van der Waals surface area contributed by atoms with Crippen LogP contribution in [0.1, 0.15) is 17.4 Å². The van der Waals surface area contributed by atoms with E-state index in [-0.39, 0.29) is 17.9 Å². The van der Waals surface area contributed by atoms with E-state index < -0.39 is 12.0 Å². The van der Waals surface area contributed by atoms with Crippen molar-refractivity contribution < 1.29 is 19.1 Å². The van der Waals surface area contributed by atoms with Crippen molar-refractivity contribution in [1.29, 1.82) is 0 Å². The van der Waals surface area contributed by atoms with E-state index in [0.29, 0.717) is 28.5 Å². The molecule has 0 aliphatic heterocycles. The number of carbonyl (C=O) groups excluding carboxylic acids is 2. The second-order valence-corrected chi connectivity index (χ2v) is 7.51. The third kappa shape index (κ3) is 4.63. The lowest BCUT2D eigenvalue weighted by molar-refractivity contribution is -0.117. The molecule has 0 saturated heterocycles. The average Bonchev–Trinajstić information content (AvgIpc) is 2.87. The molecule has 8 nitrogen and oxygen atoms in total. The number of aryl methyl sites for hydroxylation is 2. The zero-order valence-corrected chi connectivity index (χ0v) is 16.7. The zero-order chi connectivity index (χ0) is 19.3. The number of carbonyl (C=O) groups is 2. The maximum atomic E-state index is 12.9. The Balaban J connectivity index is 2.28. The number of nitrogens with zero attached hydrogens (tertiary/aromatic N) is 2. The second-order valence-electron chi connectivity index (χ2n) is 5.36. The van der Waals surface area contributed by atoms with Gasteiger partial charge in [0.15, 0.2) is 5.16 Å². The summed E-state index contributed by atoms with van der Waals surface area (Å²) in [5.41, 5.74) is 0.771. The maximum absolute atomic E-state index is 12.9. The van der Waals surface area contributed by atoms with Crippen LogP contribution in [0.25, 0.3) is 10.2 Å². The van der Waals surface area contributed by atoms with E-state index in [2.05, 4.69) is 15.0 Å². The van der Waals surface area contributed by atoms with E-state index in [1.807, 2.05) is 13.8 Å². The summed E-state index contributed by atoms with van der Waals surface area (Å²) in [5, 5.41) is 3.14. The predicted molar refractivity (Wildman–Crippen MR) is 101 cm³/mol. The lowest BCUT2D eigenvalue weighted by Gasteiger charge is -2.11. The van der Waals surface area contributed by atoms with Crippen LogP contribution >= 0.6 is 23.1 Å². The average molecular weight is 399 g/mol. The summed E-state index contributed by atoms with van der Waals surface area (Å²) >= 11 is 2.54. The Morgan fingerprint density at radius 3 is 2.73 bits per heavy atom. The van der Waals surface area contributed by atoms with E-state index in [1.165, 1.54) is 15.9 Å². The minimum absolute atomic E-state index is 0.0624. The Kier molecular flexibility index (Phi) is 7.18. The molecule has 0 fully saturated rings. The summed E-state index contributed by atoms with van der Waals surface area (Å²) in [5.74, 6) is -0.577. The van der Waals surface area contributed by atoms with Crippen LogP contribution in [0, 0.1) is 13.8 Å². The molecule has 26 heavy (non-hydrogen) atoms. The predicted octanol–water partition coefficient (Wildman–Crippen LogP) is 2.09. The summed E-state index contributed by atoms with van der Waals surface area (Å²) < 4.78 is 11.2. The molecule has 0 spiro atoms. The fourth-order valence-electron chi connectivity index (χ4n) is 2.25. The summed E-state index contributed by atoms with van der Waals surface area (Å²) in [6, 6.07) is 0. The van der Waals surface area contributed by atoms with E-state index in [1.54, 1.807) is 14.0 Å². The molecule has 2 aromatic heterocycles. The quantitative estimate of drug-likeness (QED) is 0.562. The molecule has 142 valence electrons. The number of rotatable bonds is 7. The molecule has 0 radical (unpaired) electrons. The van der Waals surface area contributed by atoms with Gasteiger partial charge in [0.05, 0.1) is 30.9 Å². The van der Waals surface area contributed by atoms with Gasteiger partial charge in [-0.05, 0) is 26.3 Å². The van der Waals surface area contributed by atoms with Crippen LogP contribution in [0.5, 0.6) is 0 Å². The lowest BCUT2D eigenvalue weighted by Crippen LogP contribution is -2.32. The third-order valence-electron chi connectivity index (χ3n) is 3.62. The van der Waals surface area contributed by atoms with Crippen molar-refractivity contribution in [2.75, 3.05) is 26.1 Å². The molecule has 0 aromatic carbocycles. The highest BCUT2D eigenvalue weighted by Crippen LogP contribution is 2.28. The molecule has 2 amide bonds. The van der Waals surface area contributed by atoms with E-state index in [9.17, 15) is 14.4 Å². The Hall–Kier alpha value is -1.91. The zero-order valence-electron chi connectivity index (χ0n) is 15.1. The van der Waals surface area contributed by atoms with Crippen molar-refractivity contribution in [3.8, 4) is 0 Å². The summed E-state index contributed by atoms with van der Waals surface area (Å²) in [7, 11) is 1.55. The maximum Gasteiger partial charge on any atom is 0.413 e. The summed E-state index contributed by atoms with van der Waals surface area (Å²) in [6.45, 7) is 6.35. The van der Waals surface area contributed by atoms with Gasteiger partial charge in [0.2, 0.25) is 5.91 Å². The first-order valence-electron chi connectivity index (χ1n) is 7.97. The van der Waals surface area contributed by atoms with Crippen molar-refractivity contribution in [1.82, 2.24) is 14.9 Å². The minimum atomic E-state index is -0.789. The number of nitrogens with one attached hydrogen (secondary N) is 1. The van der Waals surface area contributed by atoms with Gasteiger partial charge in [0.1, 0.15) is 4.83 Å². The van der Waals surface area contributed by atoms with Crippen molar-refractivity contribution in [2.24, 2.45) is 0 Å². The fraction of sp³-hybridized carbons (Fsp3) is 0.500. The van der Waals surface area contributed by atoms with Crippen molar-refractivity contribution in [2.45, 2.75) is 32.5 Å². The SMILES string of the molecule is CCOC(=O)NC(=O)CSc1nc2sc(C)c(C)c2c(=O)n1CCOC. The molecular weight excluding hydrogens is 378 g/mol. The molecule has 10 heteroatoms. The second kappa shape index (κ2) is 9.15. The van der Waals surface area contributed by atoms with Gasteiger partial charge < -0.3 is 9.47 Å². The molecule has 0 atom stereocenters. The number of aromatic nitrogens is 2. The number of thioether (sulfide) groups is 1. The largest absolute Gasteiger partial charge is 0.450 e. The molecule has 1 N–H and O–H groups in total. The number of hydrogen-bond acceptors (Lipinski definition) is 8. The summed E-state index contributed by atoms with van der Waals surface area (Å²) in [6.07, 6.45) is -0.789. The Labute approximate surface area is 158 Å². The van der Waals surface area contributed by atoms with Crippen LogP contribution in [0.4, 0.5) is 4.79 Å². The number of ether oxygens (including phenoxy) is 2. The topological polar surface area (TPSA) is 99.5 Å². The smallest absolute Gasteiger partial charge is 0.413 e. The third-order valence-corrected chi connectivity index (χ3v) is 5.70. The van der Waals surface area contributed by atoms with E-state index >= 15 is 0 Å². The molecule has 2 heterocycles. The number of fused-ring (bicyclic) bond motifs is 1. The van der Waals surface area contributed by atoms with Crippen molar-refractivity contribution >= 4 is 45.3 Å². The van der Waals surface area contributed by atoms with Crippen LogP contribution < -0.4 is 10.9 Å². The van der Waals surface area contributed by atoms with Gasteiger partial charge >= 0.3 is 6.09 Å². The molecule has 0 aliphatic rings. The monoisotopic (exact) mass is 399 g/mol. The number of hydrogen-bond donors (Lipinski definition) is 1. The summed E-state index contributed by atoms with van der Waals surface area (Å²) in [4.78, 5) is 42.3. The highest BCUT2D eigenvalue weighted by molar-refractivity contribution is 7.99. The molecule has 0 bridgehead atoms. The van der Waals surface area contributed by atoms with Crippen molar-refractivity contribution in [3.05, 3.63) is 20.8 Å². The molecule has 0 saturated carbocycles. The molecule has 2 rings (SSSR count). The number of methoxy groups -OCH3 is 1. The Bertz CT molecular complexity index is 875. The highest BCUT2D eigenvalue weighted by atomic mass is 32.2. The van der Waals surface area contributed by atoms with E-state index in [4.69, 9.17) is 4.74 Å². The first-order valence-corrected chi connectivity index (χ1v) is 9.78.